The van der Waals surface area contributed by atoms with Gasteiger partial charge in [-0.05, 0) is 43.2 Å². The second kappa shape index (κ2) is 7.98. The molecule has 0 saturated carbocycles. The van der Waals surface area contributed by atoms with Crippen molar-refractivity contribution in [1.29, 1.82) is 0 Å². The van der Waals surface area contributed by atoms with Crippen LogP contribution in [0.1, 0.15) is 22.8 Å². The Morgan fingerprint density at radius 2 is 1.74 bits per heavy atom. The van der Waals surface area contributed by atoms with E-state index in [1.165, 1.54) is 0 Å². The molecule has 1 atom stereocenters. The van der Waals surface area contributed by atoms with E-state index >= 15 is 0 Å². The lowest BCUT2D eigenvalue weighted by Crippen LogP contribution is -2.49. The number of hydrogen-bond acceptors (Lipinski definition) is 4. The Morgan fingerprint density at radius 1 is 1.09 bits per heavy atom. The summed E-state index contributed by atoms with van der Waals surface area (Å²) in [5, 5.41) is 13.8. The average molecular weight is 312 g/mol. The molecule has 0 aliphatic heterocycles. The van der Waals surface area contributed by atoms with Crippen molar-refractivity contribution in [2.24, 2.45) is 0 Å². The maximum absolute atomic E-state index is 12.2. The van der Waals surface area contributed by atoms with Gasteiger partial charge in [0.15, 0.2) is 0 Å². The fraction of sp³-hybridized carbons (Fsp3) is 0.222. The predicted molar refractivity (Wildman–Crippen MR) is 84.0 cm³/mol. The van der Waals surface area contributed by atoms with E-state index in [0.29, 0.717) is 17.9 Å². The summed E-state index contributed by atoms with van der Waals surface area (Å²) in [5.41, 5.74) is 1.18. The maximum atomic E-state index is 12.2. The Balaban J connectivity index is 2.04. The summed E-state index contributed by atoms with van der Waals surface area (Å²) in [5.74, 6) is -1.11. The quantitative estimate of drug-likeness (QED) is 0.832. The highest BCUT2D eigenvalue weighted by Gasteiger charge is 2.15. The molecular weight excluding hydrogens is 294 g/mol. The van der Waals surface area contributed by atoms with E-state index in [1.807, 2.05) is 25.1 Å². The molecule has 23 heavy (non-hydrogen) atoms. The van der Waals surface area contributed by atoms with Crippen molar-refractivity contribution in [3.63, 3.8) is 0 Å². The summed E-state index contributed by atoms with van der Waals surface area (Å²) in [4.78, 5) is 23.4. The van der Waals surface area contributed by atoms with E-state index in [2.05, 4.69) is 5.32 Å². The van der Waals surface area contributed by atoms with E-state index in [-0.39, 0.29) is 6.42 Å². The Kier molecular flexibility index (Phi) is 5.74. The van der Waals surface area contributed by atoms with Gasteiger partial charge in [-0.2, -0.15) is 0 Å². The highest BCUT2D eigenvalue weighted by molar-refractivity contribution is 5.96. The number of amides is 1. The molecule has 2 aromatic carbocycles. The van der Waals surface area contributed by atoms with Crippen LogP contribution in [0.5, 0.6) is 5.75 Å². The first kappa shape index (κ1) is 16.5. The molecular formula is C18H18NO4-. The zero-order valence-corrected chi connectivity index (χ0v) is 12.8. The molecule has 5 nitrogen and oxygen atoms in total. The van der Waals surface area contributed by atoms with Crippen LogP contribution in [-0.2, 0) is 11.2 Å². The molecule has 0 bridgehead atoms. The molecule has 2 aromatic rings. The maximum Gasteiger partial charge on any atom is 0.251 e. The molecule has 0 aliphatic rings. The van der Waals surface area contributed by atoms with Crippen LogP contribution in [0.3, 0.4) is 0 Å². The largest absolute Gasteiger partial charge is 0.548 e. The van der Waals surface area contributed by atoms with Crippen LogP contribution in [0, 0.1) is 0 Å². The van der Waals surface area contributed by atoms with Gasteiger partial charge in [-0.25, -0.2) is 0 Å². The number of carboxylic acids is 1. The second-order valence-electron chi connectivity index (χ2n) is 4.99. The minimum absolute atomic E-state index is 0.173. The lowest BCUT2D eigenvalue weighted by molar-refractivity contribution is -0.308. The van der Waals surface area contributed by atoms with Crippen molar-refractivity contribution in [1.82, 2.24) is 5.32 Å². The number of ether oxygens (including phenoxy) is 1. The fourth-order valence-electron chi connectivity index (χ4n) is 2.15. The monoisotopic (exact) mass is 312 g/mol. The van der Waals surface area contributed by atoms with Gasteiger partial charge < -0.3 is 20.0 Å². The minimum atomic E-state index is -1.31. The third-order valence-corrected chi connectivity index (χ3v) is 3.30. The molecule has 0 unspecified atom stereocenters. The smallest absolute Gasteiger partial charge is 0.251 e. The number of benzene rings is 2. The van der Waals surface area contributed by atoms with Crippen molar-refractivity contribution in [2.45, 2.75) is 19.4 Å². The first-order valence-electron chi connectivity index (χ1n) is 7.38. The minimum Gasteiger partial charge on any atom is -0.548 e. The normalized spacial score (nSPS) is 11.5. The van der Waals surface area contributed by atoms with Crippen LogP contribution in [0.25, 0.3) is 0 Å². The van der Waals surface area contributed by atoms with Gasteiger partial charge in [-0.3, -0.25) is 4.79 Å². The highest BCUT2D eigenvalue weighted by Crippen LogP contribution is 2.12. The summed E-state index contributed by atoms with van der Waals surface area (Å²) in [6, 6.07) is 14.5. The number of carboxylic acid groups (broad SMARTS) is 1. The van der Waals surface area contributed by atoms with Gasteiger partial charge in [-0.15, -0.1) is 0 Å². The molecule has 0 spiro atoms. The topological polar surface area (TPSA) is 78.5 Å². The van der Waals surface area contributed by atoms with Gasteiger partial charge in [0, 0.05) is 5.56 Å². The Bertz CT molecular complexity index is 652. The summed E-state index contributed by atoms with van der Waals surface area (Å²) in [6.45, 7) is 2.41. The van der Waals surface area contributed by atoms with Crippen molar-refractivity contribution in [3.05, 3.63) is 65.7 Å². The Labute approximate surface area is 134 Å². The number of rotatable bonds is 7. The molecule has 0 heterocycles. The molecule has 0 fully saturated rings. The van der Waals surface area contributed by atoms with Crippen molar-refractivity contribution in [2.75, 3.05) is 6.61 Å². The Morgan fingerprint density at radius 3 is 2.30 bits per heavy atom. The van der Waals surface area contributed by atoms with E-state index in [9.17, 15) is 14.7 Å². The van der Waals surface area contributed by atoms with E-state index < -0.39 is 17.9 Å². The zero-order valence-electron chi connectivity index (χ0n) is 12.8. The number of hydrogen-bond donors (Lipinski definition) is 1. The van der Waals surface area contributed by atoms with E-state index in [1.54, 1.807) is 36.4 Å². The van der Waals surface area contributed by atoms with Crippen LogP contribution in [0.15, 0.2) is 54.6 Å². The van der Waals surface area contributed by atoms with Crippen molar-refractivity contribution in [3.8, 4) is 5.75 Å². The van der Waals surface area contributed by atoms with Gasteiger partial charge in [0.2, 0.25) is 0 Å². The van der Waals surface area contributed by atoms with E-state index in [4.69, 9.17) is 4.74 Å². The van der Waals surface area contributed by atoms with Crippen LogP contribution >= 0.6 is 0 Å². The zero-order chi connectivity index (χ0) is 16.7. The lowest BCUT2D eigenvalue weighted by Gasteiger charge is -2.20. The molecule has 0 saturated heterocycles. The third-order valence-electron chi connectivity index (χ3n) is 3.30. The molecule has 120 valence electrons. The summed E-state index contributed by atoms with van der Waals surface area (Å²) < 4.78 is 5.30. The second-order valence-corrected chi connectivity index (χ2v) is 4.99. The summed E-state index contributed by atoms with van der Waals surface area (Å²) >= 11 is 0. The standard InChI is InChI=1S/C18H19NO4/c1-2-23-15-10-8-14(9-11-15)17(20)19-16(18(21)22)12-13-6-4-3-5-7-13/h3-11,16H,2,12H2,1H3,(H,19,20)(H,21,22)/p-1/t16-/m1/s1. The van der Waals surface area contributed by atoms with Crippen LogP contribution < -0.4 is 15.2 Å². The van der Waals surface area contributed by atoms with Crippen LogP contribution in [0.4, 0.5) is 0 Å². The fourth-order valence-corrected chi connectivity index (χ4v) is 2.15. The molecule has 2 rings (SSSR count). The number of aliphatic carboxylic acids is 1. The van der Waals surface area contributed by atoms with Gasteiger partial charge >= 0.3 is 0 Å². The lowest BCUT2D eigenvalue weighted by atomic mass is 10.1. The first-order chi connectivity index (χ1) is 11.1. The van der Waals surface area contributed by atoms with E-state index in [0.717, 1.165) is 5.56 Å². The van der Waals surface area contributed by atoms with Crippen molar-refractivity contribution < 1.29 is 19.4 Å². The number of carbonyl (C=O) groups excluding carboxylic acids is 2. The molecule has 5 heteroatoms. The van der Waals surface area contributed by atoms with Crippen molar-refractivity contribution >= 4 is 11.9 Å². The summed E-state index contributed by atoms with van der Waals surface area (Å²) in [6.07, 6.45) is 0.173. The average Bonchev–Trinajstić information content (AvgIpc) is 2.56. The van der Waals surface area contributed by atoms with Gasteiger partial charge in [0.1, 0.15) is 5.75 Å². The molecule has 0 aliphatic carbocycles. The molecule has 0 aromatic heterocycles. The third kappa shape index (κ3) is 4.85. The first-order valence-corrected chi connectivity index (χ1v) is 7.38. The molecule has 0 radical (unpaired) electrons. The molecule has 1 amide bonds. The van der Waals surface area contributed by atoms with Gasteiger partial charge in [-0.1, -0.05) is 30.3 Å². The van der Waals surface area contributed by atoms with Gasteiger partial charge in [0.25, 0.3) is 5.91 Å². The van der Waals surface area contributed by atoms with Crippen LogP contribution in [0.2, 0.25) is 0 Å². The van der Waals surface area contributed by atoms with Crippen LogP contribution in [-0.4, -0.2) is 24.5 Å². The molecule has 1 N–H and O–H groups in total. The highest BCUT2D eigenvalue weighted by atomic mass is 16.5. The summed E-state index contributed by atoms with van der Waals surface area (Å²) in [7, 11) is 0. The van der Waals surface area contributed by atoms with Gasteiger partial charge in [0.05, 0.1) is 18.6 Å². The number of nitrogens with one attached hydrogen (secondary N) is 1. The predicted octanol–water partition coefficient (Wildman–Crippen LogP) is 1.18. The number of carbonyl (C=O) groups is 2. The SMILES string of the molecule is CCOc1ccc(C(=O)N[C@H](Cc2ccccc2)C(=O)[O-])cc1. The Hall–Kier alpha value is -2.82.